The van der Waals surface area contributed by atoms with Gasteiger partial charge in [-0.15, -0.1) is 0 Å². The van der Waals surface area contributed by atoms with Gasteiger partial charge in [0.25, 0.3) is 5.91 Å². The van der Waals surface area contributed by atoms with Crippen LogP contribution in [0, 0.1) is 0 Å². The Kier molecular flexibility index (Phi) is 7.07. The summed E-state index contributed by atoms with van der Waals surface area (Å²) in [5.41, 5.74) is 2.59. The number of hydrogen-bond acceptors (Lipinski definition) is 5. The van der Waals surface area contributed by atoms with Gasteiger partial charge in [-0.05, 0) is 67.8 Å². The molecule has 3 aromatic rings. The summed E-state index contributed by atoms with van der Waals surface area (Å²) in [5.74, 6) is 1.40. The highest BCUT2D eigenvalue weighted by Gasteiger charge is 2.17. The molecule has 1 saturated heterocycles. The first-order chi connectivity index (χ1) is 15.6. The second-order valence-corrected chi connectivity index (χ2v) is 7.94. The van der Waals surface area contributed by atoms with Gasteiger partial charge in [-0.25, -0.2) is 0 Å². The Hall–Kier alpha value is -3.32. The molecule has 7 heteroatoms. The van der Waals surface area contributed by atoms with E-state index in [2.05, 4.69) is 10.4 Å². The van der Waals surface area contributed by atoms with Crippen molar-refractivity contribution in [2.75, 3.05) is 20.3 Å². The van der Waals surface area contributed by atoms with Crippen molar-refractivity contribution in [2.45, 2.75) is 38.5 Å². The molecule has 0 radical (unpaired) electrons. The third kappa shape index (κ3) is 5.48. The summed E-state index contributed by atoms with van der Waals surface area (Å²) in [6.07, 6.45) is 5.95. The minimum Gasteiger partial charge on any atom is -0.496 e. The van der Waals surface area contributed by atoms with Crippen LogP contribution in [-0.2, 0) is 11.3 Å². The van der Waals surface area contributed by atoms with Gasteiger partial charge in [0.1, 0.15) is 18.1 Å². The number of methoxy groups -OCH3 is 1. The summed E-state index contributed by atoms with van der Waals surface area (Å²) >= 11 is 0. The second-order valence-electron chi connectivity index (χ2n) is 7.94. The molecule has 2 aromatic carbocycles. The monoisotopic (exact) mass is 435 g/mol. The summed E-state index contributed by atoms with van der Waals surface area (Å²) in [5, 5.41) is 7.34. The fourth-order valence-corrected chi connectivity index (χ4v) is 3.79. The number of aromatic nitrogens is 2. The van der Waals surface area contributed by atoms with Crippen LogP contribution in [0.4, 0.5) is 0 Å². The minimum atomic E-state index is -0.166. The maximum atomic E-state index is 12.8. The smallest absolute Gasteiger partial charge is 0.251 e. The standard InChI is InChI=1S/C25H29N3O4/c1-18(20-8-11-24(30-2)21(15-20)16-28-13-4-12-26-28)27-25(29)19-6-9-22(10-7-19)32-17-23-5-3-14-31-23/h4,6-13,15,18,23H,3,5,14,16-17H2,1-2H3,(H,27,29)/t18-,23-/m1/s1. The Morgan fingerprint density at radius 3 is 2.81 bits per heavy atom. The van der Waals surface area contributed by atoms with Crippen LogP contribution >= 0.6 is 0 Å². The second kappa shape index (κ2) is 10.3. The van der Waals surface area contributed by atoms with Gasteiger partial charge in [0.15, 0.2) is 0 Å². The van der Waals surface area contributed by atoms with E-state index >= 15 is 0 Å². The molecule has 0 aliphatic carbocycles. The van der Waals surface area contributed by atoms with Crippen molar-refractivity contribution < 1.29 is 19.0 Å². The van der Waals surface area contributed by atoms with Crippen LogP contribution in [-0.4, -0.2) is 42.1 Å². The van der Waals surface area contributed by atoms with Crippen molar-refractivity contribution in [3.05, 3.63) is 77.6 Å². The minimum absolute atomic E-state index is 0.132. The first-order valence-electron chi connectivity index (χ1n) is 10.9. The van der Waals surface area contributed by atoms with Gasteiger partial charge in [-0.1, -0.05) is 6.07 Å². The zero-order valence-electron chi connectivity index (χ0n) is 18.5. The van der Waals surface area contributed by atoms with Crippen LogP contribution in [0.25, 0.3) is 0 Å². The maximum Gasteiger partial charge on any atom is 0.251 e. The molecular weight excluding hydrogens is 406 g/mol. The number of amides is 1. The van der Waals surface area contributed by atoms with Crippen molar-refractivity contribution in [3.8, 4) is 11.5 Å². The summed E-state index contributed by atoms with van der Waals surface area (Å²) in [7, 11) is 1.65. The Morgan fingerprint density at radius 2 is 2.12 bits per heavy atom. The molecule has 2 atom stereocenters. The van der Waals surface area contributed by atoms with Crippen LogP contribution < -0.4 is 14.8 Å². The van der Waals surface area contributed by atoms with E-state index in [1.165, 1.54) is 0 Å². The summed E-state index contributed by atoms with van der Waals surface area (Å²) < 4.78 is 18.7. The Labute approximate surface area is 188 Å². The summed E-state index contributed by atoms with van der Waals surface area (Å²) in [4.78, 5) is 12.8. The molecule has 1 amide bonds. The largest absolute Gasteiger partial charge is 0.496 e. The van der Waals surface area contributed by atoms with Gasteiger partial charge in [-0.3, -0.25) is 9.48 Å². The predicted octanol–water partition coefficient (Wildman–Crippen LogP) is 3.99. The van der Waals surface area contributed by atoms with E-state index in [1.54, 1.807) is 25.4 Å². The molecule has 0 saturated carbocycles. The van der Waals surface area contributed by atoms with Gasteiger partial charge >= 0.3 is 0 Å². The fraction of sp³-hybridized carbons (Fsp3) is 0.360. The molecule has 0 unspecified atom stereocenters. The van der Waals surface area contributed by atoms with Gasteiger partial charge in [0, 0.05) is 30.1 Å². The molecule has 0 bridgehead atoms. The van der Waals surface area contributed by atoms with Crippen molar-refractivity contribution in [1.82, 2.24) is 15.1 Å². The number of carbonyl (C=O) groups excluding carboxylic acids is 1. The lowest BCUT2D eigenvalue weighted by atomic mass is 10.0. The van der Waals surface area contributed by atoms with Crippen molar-refractivity contribution in [3.63, 3.8) is 0 Å². The summed E-state index contributed by atoms with van der Waals surface area (Å²) in [6, 6.07) is 14.9. The highest BCUT2D eigenvalue weighted by atomic mass is 16.5. The van der Waals surface area contributed by atoms with Crippen molar-refractivity contribution in [2.24, 2.45) is 0 Å². The predicted molar refractivity (Wildman–Crippen MR) is 121 cm³/mol. The van der Waals surface area contributed by atoms with Crippen LogP contribution in [0.5, 0.6) is 11.5 Å². The number of rotatable bonds is 9. The Balaban J connectivity index is 1.37. The van der Waals surface area contributed by atoms with Crippen LogP contribution in [0.1, 0.15) is 47.3 Å². The molecule has 2 heterocycles. The van der Waals surface area contributed by atoms with E-state index in [1.807, 2.05) is 54.2 Å². The molecule has 7 nitrogen and oxygen atoms in total. The maximum absolute atomic E-state index is 12.8. The molecule has 168 valence electrons. The SMILES string of the molecule is COc1ccc([C@@H](C)NC(=O)c2ccc(OC[C@H]3CCCO3)cc2)cc1Cn1cccn1. The van der Waals surface area contributed by atoms with Crippen LogP contribution in [0.3, 0.4) is 0 Å². The molecule has 32 heavy (non-hydrogen) atoms. The van der Waals surface area contributed by atoms with Gasteiger partial charge in [0.05, 0.1) is 25.8 Å². The average Bonchev–Trinajstić information content (AvgIpc) is 3.52. The van der Waals surface area contributed by atoms with E-state index in [4.69, 9.17) is 14.2 Å². The number of benzene rings is 2. The van der Waals surface area contributed by atoms with Crippen LogP contribution in [0.15, 0.2) is 60.9 Å². The normalized spacial score (nSPS) is 16.5. The molecule has 1 N–H and O–H groups in total. The molecule has 1 aromatic heterocycles. The highest BCUT2D eigenvalue weighted by Crippen LogP contribution is 2.25. The third-order valence-corrected chi connectivity index (χ3v) is 5.62. The number of carbonyl (C=O) groups is 1. The van der Waals surface area contributed by atoms with Gasteiger partial charge in [0.2, 0.25) is 0 Å². The third-order valence-electron chi connectivity index (χ3n) is 5.62. The fourth-order valence-electron chi connectivity index (χ4n) is 3.79. The van der Waals surface area contributed by atoms with E-state index in [0.717, 1.165) is 42.1 Å². The van der Waals surface area contributed by atoms with E-state index in [-0.39, 0.29) is 18.1 Å². The van der Waals surface area contributed by atoms with E-state index in [9.17, 15) is 4.79 Å². The lowest BCUT2D eigenvalue weighted by molar-refractivity contribution is 0.0679. The molecule has 1 fully saturated rings. The van der Waals surface area contributed by atoms with Crippen molar-refractivity contribution >= 4 is 5.91 Å². The zero-order chi connectivity index (χ0) is 22.3. The van der Waals surface area contributed by atoms with Gasteiger partial charge < -0.3 is 19.5 Å². The van der Waals surface area contributed by atoms with Crippen molar-refractivity contribution in [1.29, 1.82) is 0 Å². The number of nitrogens with one attached hydrogen (secondary N) is 1. The summed E-state index contributed by atoms with van der Waals surface area (Å²) in [6.45, 7) is 3.92. The Bertz CT molecular complexity index is 1010. The van der Waals surface area contributed by atoms with E-state index in [0.29, 0.717) is 18.7 Å². The quantitative estimate of drug-likeness (QED) is 0.550. The number of hydrogen-bond donors (Lipinski definition) is 1. The average molecular weight is 436 g/mol. The highest BCUT2D eigenvalue weighted by molar-refractivity contribution is 5.94. The topological polar surface area (TPSA) is 74.6 Å². The van der Waals surface area contributed by atoms with Gasteiger partial charge in [-0.2, -0.15) is 5.10 Å². The zero-order valence-corrected chi connectivity index (χ0v) is 18.5. The first-order valence-corrected chi connectivity index (χ1v) is 10.9. The van der Waals surface area contributed by atoms with Crippen LogP contribution in [0.2, 0.25) is 0 Å². The lowest BCUT2D eigenvalue weighted by Crippen LogP contribution is -2.26. The molecular formula is C25H29N3O4. The molecule has 0 spiro atoms. The lowest BCUT2D eigenvalue weighted by Gasteiger charge is -2.17. The number of nitrogens with zero attached hydrogens (tertiary/aromatic N) is 2. The first kappa shape index (κ1) is 21.9. The van der Waals surface area contributed by atoms with E-state index < -0.39 is 0 Å². The molecule has 4 rings (SSSR count). The number of ether oxygens (including phenoxy) is 3. The Morgan fingerprint density at radius 1 is 1.28 bits per heavy atom. The molecule has 1 aliphatic rings. The molecule has 1 aliphatic heterocycles.